The van der Waals surface area contributed by atoms with Gasteiger partial charge in [-0.2, -0.15) is 0 Å². The molecule has 0 amide bonds. The van der Waals surface area contributed by atoms with Crippen molar-refractivity contribution in [3.63, 3.8) is 0 Å². The zero-order valence-corrected chi connectivity index (χ0v) is 30.4. The maximum absolute atomic E-state index is 7.13. The van der Waals surface area contributed by atoms with Gasteiger partial charge in [-0.1, -0.05) is 64.8 Å². The number of nitrogens with zero attached hydrogens (tertiary/aromatic N) is 12. The Bertz CT molecular complexity index is 596. The first-order valence-corrected chi connectivity index (χ1v) is 10.0. The van der Waals surface area contributed by atoms with E-state index in [1.165, 1.54) is 64.8 Å². The van der Waals surface area contributed by atoms with Crippen LogP contribution in [0.2, 0.25) is 0 Å². The molecule has 0 aliphatic carbocycles. The summed E-state index contributed by atoms with van der Waals surface area (Å²) < 4.78 is 0. The van der Waals surface area contributed by atoms with Crippen LogP contribution in [0.25, 0.3) is 0 Å². The molecule has 0 heterocycles. The second-order valence-corrected chi connectivity index (χ2v) is 3.29. The smallest absolute Gasteiger partial charge is 0.696 e. The number of nitriles is 12. The summed E-state index contributed by atoms with van der Waals surface area (Å²) in [4.78, 5) is 0. The molecule has 0 aliphatic heterocycles. The molecule has 28 heteroatoms. The molecular weight excluding hydrogens is 833 g/mol. The van der Waals surface area contributed by atoms with Gasteiger partial charge in [0.15, 0.2) is 0 Å². The summed E-state index contributed by atoms with van der Waals surface area (Å²) in [6.45, 7) is 0. The van der Waals surface area contributed by atoms with E-state index in [4.69, 9.17) is 63.1 Å². The Hall–Kier alpha value is -2.50. The van der Waals surface area contributed by atoms with E-state index in [-0.39, 0.29) is 45.7 Å². The summed E-state index contributed by atoms with van der Waals surface area (Å²) in [7, 11) is 0. The summed E-state index contributed by atoms with van der Waals surface area (Å²) in [5, 5.41) is 102. The van der Waals surface area contributed by atoms with Crippen LogP contribution in [0.1, 0.15) is 0 Å². The first kappa shape index (κ1) is 108. The molecule has 0 spiro atoms. The topological polar surface area (TPSA) is 348 Å². The van der Waals surface area contributed by atoms with Gasteiger partial charge >= 0.3 is 34.7 Å². The third-order valence-corrected chi connectivity index (χ3v) is 0. The zero-order chi connectivity index (χ0) is 32.5. The number of hydrogen-bond acceptors (Lipinski definition) is 24. The average molecular weight is 837 g/mol. The van der Waals surface area contributed by atoms with E-state index in [2.05, 4.69) is 152 Å². The molecule has 40 heavy (non-hydrogen) atoms. The Kier molecular flexibility index (Phi) is 1380. The third kappa shape index (κ3) is 6790. The van der Waals surface area contributed by atoms with Crippen molar-refractivity contribution in [3.05, 3.63) is 0 Å². The van der Waals surface area contributed by atoms with Crippen LogP contribution < -0.4 is 0 Å². The third-order valence-electron chi connectivity index (χ3n) is 0. The molecule has 0 unspecified atom stereocenters. The minimum absolute atomic E-state index is 0. The molecule has 0 aromatic heterocycles. The van der Waals surface area contributed by atoms with Crippen LogP contribution in [0, 0.1) is 128 Å². The summed E-state index contributed by atoms with van der Waals surface area (Å²) in [6.07, 6.45) is 0. The first-order chi connectivity index (χ1) is 17.0. The van der Waals surface area contributed by atoms with E-state index < -0.39 is 0 Å². The molecule has 14 nitrogen and oxygen atoms in total. The van der Waals surface area contributed by atoms with Crippen LogP contribution in [-0.4, -0.2) is 11.0 Å². The molecular formula is C12H4Cr2N12O2S12. The Morgan fingerprint density at radius 2 is 0.200 bits per heavy atom. The fourth-order valence-corrected chi connectivity index (χ4v) is 0. The van der Waals surface area contributed by atoms with Gasteiger partial charge in [-0.15, -0.1) is 0 Å². The van der Waals surface area contributed by atoms with E-state index in [9.17, 15) is 0 Å². The second-order valence-electron chi connectivity index (χ2n) is 1.10. The molecule has 0 bridgehead atoms. The number of hydrogen-bond donors (Lipinski definition) is 0. The van der Waals surface area contributed by atoms with Crippen molar-refractivity contribution in [2.45, 2.75) is 0 Å². The van der Waals surface area contributed by atoms with Crippen LogP contribution in [0.15, 0.2) is 0 Å². The summed E-state index contributed by atoms with van der Waals surface area (Å²) >= 11 is 44.4. The van der Waals surface area contributed by atoms with Crippen molar-refractivity contribution in [1.82, 2.24) is 0 Å². The van der Waals surface area contributed by atoms with Crippen molar-refractivity contribution in [2.75, 3.05) is 0 Å². The van der Waals surface area contributed by atoms with Crippen LogP contribution in [0.4, 0.5) is 0 Å². The summed E-state index contributed by atoms with van der Waals surface area (Å²) in [5.74, 6) is 0. The first-order valence-electron chi connectivity index (χ1n) is 5.13. The van der Waals surface area contributed by atoms with Crippen molar-refractivity contribution in [3.8, 4) is 64.8 Å². The van der Waals surface area contributed by atoms with Crippen molar-refractivity contribution >= 4 is 152 Å². The fraction of sp³-hybridized carbons (Fsp3) is 0. The predicted molar refractivity (Wildman–Crippen MR) is 163 cm³/mol. The number of thiocyanates is 12. The summed E-state index contributed by atoms with van der Waals surface area (Å²) in [5.41, 5.74) is 0. The largest absolute Gasteiger partial charge is 6.00 e. The molecule has 0 fully saturated rings. The Morgan fingerprint density at radius 3 is 0.200 bits per heavy atom. The number of rotatable bonds is 0. The molecule has 0 rings (SSSR count). The van der Waals surface area contributed by atoms with Gasteiger partial charge in [0.25, 0.3) is 0 Å². The van der Waals surface area contributed by atoms with Crippen LogP contribution in [0.3, 0.4) is 0 Å². The van der Waals surface area contributed by atoms with Gasteiger partial charge in [0.05, 0.1) is 0 Å². The van der Waals surface area contributed by atoms with Gasteiger partial charge in [0.2, 0.25) is 0 Å². The molecule has 0 saturated heterocycles. The SMILES string of the molecule is N#C[S-].N#C[S-].N#C[S-].N#C[S-].N#C[S-].N#C[S-].N#C[S-].N#C[S-].N#C[S-].N#C[S-].N#C[S-].N#C[S-].O.O.[Cr+6].[Cr+6]. The van der Waals surface area contributed by atoms with Crippen molar-refractivity contribution in [1.29, 1.82) is 63.1 Å². The van der Waals surface area contributed by atoms with E-state index in [1.54, 1.807) is 0 Å². The van der Waals surface area contributed by atoms with Gasteiger partial charge in [-0.3, -0.25) is 0 Å². The maximum Gasteiger partial charge on any atom is 6.00 e. The van der Waals surface area contributed by atoms with Crippen molar-refractivity contribution < 1.29 is 45.7 Å². The molecule has 208 valence electrons. The average Bonchev–Trinajstić information content (AvgIpc) is 2.75. The Balaban J connectivity index is -0.0000000111. The van der Waals surface area contributed by atoms with Gasteiger partial charge in [-0.25, -0.2) is 63.1 Å². The molecule has 0 aromatic carbocycles. The van der Waals surface area contributed by atoms with Gasteiger partial charge in [0, 0.05) is 0 Å². The van der Waals surface area contributed by atoms with Gasteiger partial charge in [-0.05, 0) is 0 Å². The van der Waals surface area contributed by atoms with Crippen LogP contribution in [0.5, 0.6) is 0 Å². The minimum Gasteiger partial charge on any atom is -0.696 e. The van der Waals surface area contributed by atoms with E-state index in [0.717, 1.165) is 0 Å². The molecule has 0 saturated carbocycles. The normalized spacial score (nSPS) is 2.10. The molecule has 0 aromatic rings. The van der Waals surface area contributed by atoms with Gasteiger partial charge in [0.1, 0.15) is 0 Å². The molecule has 4 N–H and O–H groups in total. The van der Waals surface area contributed by atoms with Crippen LogP contribution >= 0.6 is 0 Å². The molecule has 0 aliphatic rings. The quantitative estimate of drug-likeness (QED) is 0.198. The van der Waals surface area contributed by atoms with E-state index in [1.807, 2.05) is 0 Å². The zero-order valence-electron chi connectivity index (χ0n) is 18.1. The minimum atomic E-state index is 0. The second kappa shape index (κ2) is 509. The molecule has 0 atom stereocenters. The maximum atomic E-state index is 7.13. The van der Waals surface area contributed by atoms with Crippen molar-refractivity contribution in [2.24, 2.45) is 0 Å². The summed E-state index contributed by atoms with van der Waals surface area (Å²) in [6, 6.07) is 0. The monoisotopic (exact) mass is 836 g/mol. The molecule has 0 radical (unpaired) electrons. The van der Waals surface area contributed by atoms with E-state index >= 15 is 0 Å². The fourth-order valence-electron chi connectivity index (χ4n) is 0. The van der Waals surface area contributed by atoms with Gasteiger partial charge < -0.3 is 162 Å². The standard InChI is InChI=1S/12CHNS.2Cr.2H2O/c12*2-1-3;;;;/h12*3H;;;2*1H2/q;;;;;;;;;;;;2*+6;;/p-12. The van der Waals surface area contributed by atoms with E-state index in [0.29, 0.717) is 0 Å². The Morgan fingerprint density at radius 1 is 0.200 bits per heavy atom. The predicted octanol–water partition coefficient (Wildman–Crippen LogP) is -1.48. The van der Waals surface area contributed by atoms with Crippen LogP contribution in [-0.2, 0) is 186 Å². The Labute approximate surface area is 321 Å².